The molecular formula is C22H38N2O2Si. The van der Waals surface area contributed by atoms with Crippen molar-refractivity contribution in [2.75, 3.05) is 20.6 Å². The molecule has 0 N–H and O–H groups in total. The fraction of sp³-hybridized carbons (Fsp3) is 0.682. The minimum atomic E-state index is -1.91. The molecule has 5 heteroatoms. The number of β-lactam (4-membered cyclic amide) rings is 1. The largest absolute Gasteiger partial charge is 0.543 e. The molecule has 1 atom stereocenters. The Morgan fingerprint density at radius 1 is 1.15 bits per heavy atom. The van der Waals surface area contributed by atoms with Crippen LogP contribution in [0.3, 0.4) is 0 Å². The van der Waals surface area contributed by atoms with E-state index >= 15 is 0 Å². The van der Waals surface area contributed by atoms with Crippen LogP contribution in [0.1, 0.15) is 58.6 Å². The highest BCUT2D eigenvalue weighted by Crippen LogP contribution is 2.40. The molecule has 1 amide bonds. The number of rotatable bonds is 5. The van der Waals surface area contributed by atoms with Crippen LogP contribution in [0.2, 0.25) is 18.1 Å². The van der Waals surface area contributed by atoms with Crippen molar-refractivity contribution >= 4 is 14.2 Å². The molecule has 27 heavy (non-hydrogen) atoms. The first kappa shape index (κ1) is 22.0. The lowest BCUT2D eigenvalue weighted by atomic mass is 9.85. The second-order valence-corrected chi connectivity index (χ2v) is 15.4. The van der Waals surface area contributed by atoms with Crippen LogP contribution >= 0.6 is 0 Å². The van der Waals surface area contributed by atoms with E-state index in [9.17, 15) is 4.79 Å². The molecule has 1 saturated heterocycles. The van der Waals surface area contributed by atoms with Gasteiger partial charge in [0.25, 0.3) is 0 Å². The predicted octanol–water partition coefficient (Wildman–Crippen LogP) is 4.86. The Morgan fingerprint density at radius 2 is 1.74 bits per heavy atom. The van der Waals surface area contributed by atoms with Crippen molar-refractivity contribution in [1.29, 1.82) is 0 Å². The summed E-state index contributed by atoms with van der Waals surface area (Å²) in [7, 11) is 2.23. The molecule has 1 aromatic carbocycles. The van der Waals surface area contributed by atoms with Crippen molar-refractivity contribution in [1.82, 2.24) is 9.80 Å². The predicted molar refractivity (Wildman–Crippen MR) is 116 cm³/mol. The van der Waals surface area contributed by atoms with Gasteiger partial charge in [0.2, 0.25) is 14.2 Å². The molecule has 0 spiro atoms. The lowest BCUT2D eigenvalue weighted by Crippen LogP contribution is -2.59. The first-order valence-electron chi connectivity index (χ1n) is 9.91. The molecule has 2 rings (SSSR count). The summed E-state index contributed by atoms with van der Waals surface area (Å²) in [5.41, 5.74) is 2.18. The first-order valence-corrected chi connectivity index (χ1v) is 12.8. The summed E-state index contributed by atoms with van der Waals surface area (Å²) in [5.74, 6) is 1.18. The lowest BCUT2D eigenvalue weighted by molar-refractivity contribution is -0.149. The minimum Gasteiger partial charge on any atom is -0.543 e. The van der Waals surface area contributed by atoms with Gasteiger partial charge in [-0.15, -0.1) is 0 Å². The topological polar surface area (TPSA) is 32.8 Å². The van der Waals surface area contributed by atoms with Gasteiger partial charge in [-0.3, -0.25) is 4.79 Å². The van der Waals surface area contributed by atoms with E-state index in [1.165, 1.54) is 5.56 Å². The van der Waals surface area contributed by atoms with Crippen LogP contribution in [-0.4, -0.2) is 50.2 Å². The highest BCUT2D eigenvalue weighted by Gasteiger charge is 2.44. The second kappa shape index (κ2) is 7.25. The molecule has 152 valence electrons. The fourth-order valence-corrected chi connectivity index (χ4v) is 4.14. The third-order valence-corrected chi connectivity index (χ3v) is 10.2. The number of carbonyl (C=O) groups is 1. The van der Waals surface area contributed by atoms with Gasteiger partial charge < -0.3 is 14.2 Å². The number of hydrogen-bond acceptors (Lipinski definition) is 3. The van der Waals surface area contributed by atoms with Gasteiger partial charge in [0.1, 0.15) is 5.75 Å². The Hall–Kier alpha value is -1.33. The Labute approximate surface area is 167 Å². The smallest absolute Gasteiger partial charge is 0.250 e. The summed E-state index contributed by atoms with van der Waals surface area (Å²) in [4.78, 5) is 16.8. The van der Waals surface area contributed by atoms with Crippen LogP contribution in [0.4, 0.5) is 0 Å². The van der Waals surface area contributed by atoms with E-state index in [-0.39, 0.29) is 22.4 Å². The van der Waals surface area contributed by atoms with E-state index in [0.717, 1.165) is 24.4 Å². The molecule has 1 unspecified atom stereocenters. The van der Waals surface area contributed by atoms with E-state index in [0.29, 0.717) is 0 Å². The average Bonchev–Trinajstić information content (AvgIpc) is 2.45. The first-order chi connectivity index (χ1) is 12.1. The number of benzene rings is 1. The van der Waals surface area contributed by atoms with Gasteiger partial charge in [0.15, 0.2) is 0 Å². The molecular weight excluding hydrogens is 352 g/mol. The van der Waals surface area contributed by atoms with Gasteiger partial charge >= 0.3 is 0 Å². The molecule has 1 aliphatic rings. The molecule has 1 aliphatic heterocycles. The van der Waals surface area contributed by atoms with Crippen molar-refractivity contribution in [2.24, 2.45) is 0 Å². The second-order valence-electron chi connectivity index (χ2n) is 10.6. The van der Waals surface area contributed by atoms with Gasteiger partial charge in [0.05, 0.1) is 5.92 Å². The number of likely N-dealkylation sites (tertiary alicyclic amines) is 1. The molecule has 0 aliphatic carbocycles. The zero-order valence-electron chi connectivity index (χ0n) is 18.9. The number of nitrogens with zero attached hydrogens (tertiary/aromatic N) is 2. The monoisotopic (exact) mass is 390 g/mol. The third kappa shape index (κ3) is 4.75. The molecule has 0 radical (unpaired) electrons. The van der Waals surface area contributed by atoms with E-state index in [1.54, 1.807) is 0 Å². The lowest BCUT2D eigenvalue weighted by Gasteiger charge is -2.47. The summed E-state index contributed by atoms with van der Waals surface area (Å²) in [5, 5.41) is 0.151. The summed E-state index contributed by atoms with van der Waals surface area (Å²) < 4.78 is 6.60. The fourth-order valence-electron chi connectivity index (χ4n) is 3.09. The maximum atomic E-state index is 12.7. The third-order valence-electron chi connectivity index (χ3n) is 5.88. The molecule has 0 saturated carbocycles. The average molecular weight is 391 g/mol. The molecule has 4 nitrogen and oxygen atoms in total. The zero-order chi connectivity index (χ0) is 20.8. The highest BCUT2D eigenvalue weighted by molar-refractivity contribution is 6.74. The normalized spacial score (nSPS) is 18.7. The van der Waals surface area contributed by atoms with Crippen LogP contribution in [0.15, 0.2) is 18.2 Å². The van der Waals surface area contributed by atoms with Gasteiger partial charge in [0, 0.05) is 24.2 Å². The summed E-state index contributed by atoms with van der Waals surface area (Å²) in [6.45, 7) is 19.2. The Bertz CT molecular complexity index is 699. The van der Waals surface area contributed by atoms with Gasteiger partial charge in [-0.25, -0.2) is 0 Å². The van der Waals surface area contributed by atoms with Crippen molar-refractivity contribution in [2.45, 2.75) is 77.7 Å². The van der Waals surface area contributed by atoms with Crippen molar-refractivity contribution in [3.05, 3.63) is 29.3 Å². The zero-order valence-corrected chi connectivity index (χ0v) is 19.9. The van der Waals surface area contributed by atoms with Crippen molar-refractivity contribution in [3.63, 3.8) is 0 Å². The summed E-state index contributed by atoms with van der Waals surface area (Å²) >= 11 is 0. The standard InChI is InChI=1S/C22H38N2O2Si/c1-21(2,3)24-15-18(20(24)25)16-11-12-19(17(13-16)14-23(7)8)26-27(9,10)22(4,5)6/h11-13,18H,14-15H2,1-10H3. The van der Waals surface area contributed by atoms with Crippen LogP contribution in [0.25, 0.3) is 0 Å². The van der Waals surface area contributed by atoms with Crippen molar-refractivity contribution in [3.8, 4) is 5.75 Å². The van der Waals surface area contributed by atoms with E-state index in [2.05, 4.69) is 91.8 Å². The maximum Gasteiger partial charge on any atom is 0.250 e. The van der Waals surface area contributed by atoms with E-state index in [1.807, 2.05) is 4.90 Å². The molecule has 1 heterocycles. The van der Waals surface area contributed by atoms with E-state index < -0.39 is 8.32 Å². The summed E-state index contributed by atoms with van der Waals surface area (Å²) in [6.07, 6.45) is 0. The number of carbonyl (C=O) groups excluding carboxylic acids is 1. The van der Waals surface area contributed by atoms with Gasteiger partial charge in [-0.05, 0) is 70.7 Å². The number of hydrogen-bond donors (Lipinski definition) is 0. The summed E-state index contributed by atoms with van der Waals surface area (Å²) in [6, 6.07) is 6.36. The van der Waals surface area contributed by atoms with E-state index in [4.69, 9.17) is 4.43 Å². The van der Waals surface area contributed by atoms with Crippen LogP contribution in [-0.2, 0) is 11.3 Å². The Morgan fingerprint density at radius 3 is 2.19 bits per heavy atom. The minimum absolute atomic E-state index is 0.0212. The van der Waals surface area contributed by atoms with Crippen molar-refractivity contribution < 1.29 is 9.22 Å². The molecule has 1 fully saturated rings. The Balaban J connectivity index is 2.30. The molecule has 1 aromatic rings. The number of amides is 1. The van der Waals surface area contributed by atoms with Crippen LogP contribution < -0.4 is 4.43 Å². The Kier molecular flexibility index (Phi) is 5.89. The molecule has 0 aromatic heterocycles. The SMILES string of the molecule is CN(C)Cc1cc(C2CN(C(C)(C)C)C2=O)ccc1O[Si](C)(C)C(C)(C)C. The van der Waals surface area contributed by atoms with Gasteiger partial charge in [-0.2, -0.15) is 0 Å². The highest BCUT2D eigenvalue weighted by atomic mass is 28.4. The molecule has 0 bridgehead atoms. The quantitative estimate of drug-likeness (QED) is 0.532. The maximum absolute atomic E-state index is 12.7. The van der Waals surface area contributed by atoms with Crippen LogP contribution in [0.5, 0.6) is 5.75 Å². The van der Waals surface area contributed by atoms with Gasteiger partial charge in [-0.1, -0.05) is 26.8 Å². The van der Waals surface area contributed by atoms with Crippen LogP contribution in [0, 0.1) is 0 Å².